The highest BCUT2D eigenvalue weighted by atomic mass is 19.4. The van der Waals surface area contributed by atoms with E-state index in [1.165, 1.54) is 0 Å². The van der Waals surface area contributed by atoms with E-state index in [0.29, 0.717) is 25.8 Å². The van der Waals surface area contributed by atoms with Crippen LogP contribution in [0.1, 0.15) is 46.2 Å². The molecule has 2 heterocycles. The van der Waals surface area contributed by atoms with Gasteiger partial charge in [-0.2, -0.15) is 26.3 Å². The van der Waals surface area contributed by atoms with E-state index in [2.05, 4.69) is 0 Å². The second-order valence-electron chi connectivity index (χ2n) is 10.00. The van der Waals surface area contributed by atoms with Crippen LogP contribution in [0.3, 0.4) is 0 Å². The number of halogens is 6. The van der Waals surface area contributed by atoms with Crippen LogP contribution in [0.5, 0.6) is 5.75 Å². The summed E-state index contributed by atoms with van der Waals surface area (Å²) >= 11 is 0. The first-order valence-electron chi connectivity index (χ1n) is 11.7. The predicted octanol–water partition coefficient (Wildman–Crippen LogP) is 5.64. The Morgan fingerprint density at radius 3 is 2.25 bits per heavy atom. The molecule has 1 aliphatic carbocycles. The Morgan fingerprint density at radius 1 is 1.08 bits per heavy atom. The number of aryl methyl sites for hydroxylation is 1. The average molecular weight is 512 g/mol. The van der Waals surface area contributed by atoms with Crippen molar-refractivity contribution in [1.82, 2.24) is 4.90 Å². The van der Waals surface area contributed by atoms with E-state index in [0.717, 1.165) is 28.8 Å². The summed E-state index contributed by atoms with van der Waals surface area (Å²) in [7, 11) is 0. The van der Waals surface area contributed by atoms with Crippen LogP contribution in [0.25, 0.3) is 0 Å². The maximum Gasteiger partial charge on any atom is 0.416 e. The van der Waals surface area contributed by atoms with E-state index in [-0.39, 0.29) is 42.0 Å². The van der Waals surface area contributed by atoms with E-state index < -0.39 is 29.1 Å². The number of ether oxygens (including phenoxy) is 1. The molecule has 0 aromatic heterocycles. The first-order valence-corrected chi connectivity index (χ1v) is 11.7. The summed E-state index contributed by atoms with van der Waals surface area (Å²) in [5, 5.41) is 10.7. The number of alkyl halides is 6. The molecule has 4 unspecified atom stereocenters. The standard InChI is InChI=1S/C26H26F6N2O2/c1-14-2-3-20-19(23(14)35)11-21(36-24(20)12-22(24)33)16-4-6-34(7-5-16)13-15-8-17(25(27,28)29)10-18(9-15)26(30,31)32/h2-4,6,8-10,16,21-22,35H,5,7,11-13,33H2,1H3. The van der Waals surface area contributed by atoms with Crippen molar-refractivity contribution in [3.8, 4) is 5.75 Å². The number of nitrogens with zero attached hydrogens (tertiary/aromatic N) is 1. The molecule has 4 atom stereocenters. The molecule has 10 heteroatoms. The third-order valence-electron chi connectivity index (χ3n) is 7.47. The number of rotatable bonds is 3. The molecule has 3 N–H and O–H groups in total. The normalized spacial score (nSPS) is 27.9. The fourth-order valence-electron chi connectivity index (χ4n) is 5.39. The lowest BCUT2D eigenvalue weighted by Gasteiger charge is -2.39. The van der Waals surface area contributed by atoms with E-state index in [9.17, 15) is 31.4 Å². The molecular formula is C26H26F6N2O2. The number of phenolic OH excluding ortho intramolecular Hbond substituents is 1. The largest absolute Gasteiger partial charge is 0.507 e. The molecule has 4 nitrogen and oxygen atoms in total. The Labute approximate surface area is 204 Å². The number of nitrogens with two attached hydrogens (primary N) is 1. The van der Waals surface area contributed by atoms with Gasteiger partial charge in [-0.3, -0.25) is 0 Å². The number of hydrogen-bond acceptors (Lipinski definition) is 4. The van der Waals surface area contributed by atoms with Crippen molar-refractivity contribution >= 4 is 0 Å². The zero-order valence-electron chi connectivity index (χ0n) is 19.5. The molecule has 1 fully saturated rings. The van der Waals surface area contributed by atoms with Gasteiger partial charge in [-0.05, 0) is 54.4 Å². The van der Waals surface area contributed by atoms with Crippen molar-refractivity contribution in [2.45, 2.75) is 62.8 Å². The Hall–Kier alpha value is -2.72. The number of hydrogen-bond donors (Lipinski definition) is 2. The zero-order chi connectivity index (χ0) is 26.0. The van der Waals surface area contributed by atoms with Crippen LogP contribution in [0, 0.1) is 12.8 Å². The highest BCUT2D eigenvalue weighted by Gasteiger charge is 2.59. The minimum Gasteiger partial charge on any atom is -0.507 e. The predicted molar refractivity (Wildman–Crippen MR) is 120 cm³/mol. The monoisotopic (exact) mass is 512 g/mol. The van der Waals surface area contributed by atoms with Gasteiger partial charge in [0.15, 0.2) is 0 Å². The van der Waals surface area contributed by atoms with Gasteiger partial charge < -0.3 is 20.5 Å². The van der Waals surface area contributed by atoms with Gasteiger partial charge >= 0.3 is 12.4 Å². The molecule has 2 aromatic rings. The quantitative estimate of drug-likeness (QED) is 0.523. The molecular weight excluding hydrogens is 486 g/mol. The summed E-state index contributed by atoms with van der Waals surface area (Å²) < 4.78 is 85.6. The van der Waals surface area contributed by atoms with Gasteiger partial charge in [0.2, 0.25) is 0 Å². The summed E-state index contributed by atoms with van der Waals surface area (Å²) in [6.45, 7) is 2.18. The highest BCUT2D eigenvalue weighted by molar-refractivity contribution is 5.52. The molecule has 5 rings (SSSR count). The third-order valence-corrected chi connectivity index (χ3v) is 7.47. The van der Waals surface area contributed by atoms with Gasteiger partial charge in [0, 0.05) is 43.5 Å². The van der Waals surface area contributed by atoms with Crippen molar-refractivity contribution < 1.29 is 36.2 Å². The van der Waals surface area contributed by atoms with Crippen LogP contribution in [-0.4, -0.2) is 28.7 Å². The molecule has 0 saturated heterocycles. The Bertz CT molecular complexity index is 1180. The van der Waals surface area contributed by atoms with E-state index in [1.54, 1.807) is 11.1 Å². The maximum absolute atomic E-state index is 13.2. The third kappa shape index (κ3) is 4.45. The molecule has 2 aromatic carbocycles. The molecule has 0 radical (unpaired) electrons. The molecule has 1 saturated carbocycles. The van der Waals surface area contributed by atoms with E-state index >= 15 is 0 Å². The Morgan fingerprint density at radius 2 is 1.72 bits per heavy atom. The summed E-state index contributed by atoms with van der Waals surface area (Å²) in [6.07, 6.45) is -4.68. The SMILES string of the molecule is Cc1ccc2c(c1O)CC(C1C=CN(Cc3cc(C(F)(F)F)cc(C(F)(F)F)c3)CC1)OC21CC1N. The summed E-state index contributed by atoms with van der Waals surface area (Å²) in [6, 6.07) is 5.30. The van der Waals surface area contributed by atoms with Crippen LogP contribution in [0.2, 0.25) is 0 Å². The first kappa shape index (κ1) is 25.0. The van der Waals surface area contributed by atoms with Gasteiger partial charge in [-0.25, -0.2) is 0 Å². The van der Waals surface area contributed by atoms with Gasteiger partial charge in [0.25, 0.3) is 0 Å². The molecule has 0 amide bonds. The van der Waals surface area contributed by atoms with Gasteiger partial charge in [0.05, 0.1) is 17.2 Å². The molecule has 194 valence electrons. The minimum atomic E-state index is -4.88. The zero-order valence-corrected chi connectivity index (χ0v) is 19.5. The van der Waals surface area contributed by atoms with Crippen LogP contribution in [0.4, 0.5) is 26.3 Å². The number of benzene rings is 2. The van der Waals surface area contributed by atoms with Gasteiger partial charge in [-0.15, -0.1) is 0 Å². The number of aromatic hydroxyl groups is 1. The minimum absolute atomic E-state index is 0.0359. The topological polar surface area (TPSA) is 58.7 Å². The first-order chi connectivity index (χ1) is 16.8. The van der Waals surface area contributed by atoms with Crippen molar-refractivity contribution in [3.05, 3.63) is 76.0 Å². The van der Waals surface area contributed by atoms with Crippen LogP contribution in [-0.2, 0) is 35.7 Å². The molecule has 0 bridgehead atoms. The molecule has 2 aliphatic heterocycles. The van der Waals surface area contributed by atoms with E-state index in [1.807, 2.05) is 25.1 Å². The molecule has 1 spiro atoms. The lowest BCUT2D eigenvalue weighted by molar-refractivity contribution is -0.143. The highest BCUT2D eigenvalue weighted by Crippen LogP contribution is 2.55. The van der Waals surface area contributed by atoms with Crippen molar-refractivity contribution in [2.75, 3.05) is 6.54 Å². The summed E-state index contributed by atoms with van der Waals surface area (Å²) in [4.78, 5) is 1.70. The lowest BCUT2D eigenvalue weighted by Crippen LogP contribution is -2.40. The van der Waals surface area contributed by atoms with Crippen LogP contribution < -0.4 is 5.73 Å². The second-order valence-corrected chi connectivity index (χ2v) is 10.00. The smallest absolute Gasteiger partial charge is 0.416 e. The molecule has 36 heavy (non-hydrogen) atoms. The fraction of sp³-hybridized carbons (Fsp3) is 0.462. The number of fused-ring (bicyclic) bond motifs is 2. The van der Waals surface area contributed by atoms with Gasteiger partial charge in [0.1, 0.15) is 11.4 Å². The lowest BCUT2D eigenvalue weighted by atomic mass is 9.84. The van der Waals surface area contributed by atoms with Crippen molar-refractivity contribution in [2.24, 2.45) is 11.7 Å². The van der Waals surface area contributed by atoms with Crippen molar-refractivity contribution in [1.29, 1.82) is 0 Å². The van der Waals surface area contributed by atoms with Gasteiger partial charge in [-0.1, -0.05) is 18.2 Å². The fourth-order valence-corrected chi connectivity index (χ4v) is 5.39. The van der Waals surface area contributed by atoms with Crippen LogP contribution >= 0.6 is 0 Å². The Kier molecular flexibility index (Phi) is 5.83. The summed E-state index contributed by atoms with van der Waals surface area (Å²) in [5.41, 5.74) is 5.42. The average Bonchev–Trinajstić information content (AvgIpc) is 3.44. The summed E-state index contributed by atoms with van der Waals surface area (Å²) in [5.74, 6) is 0.205. The Balaban J connectivity index is 1.34. The second kappa shape index (κ2) is 8.41. The van der Waals surface area contributed by atoms with E-state index in [4.69, 9.17) is 10.5 Å². The maximum atomic E-state index is 13.2. The number of phenols is 1. The van der Waals surface area contributed by atoms with Crippen molar-refractivity contribution in [3.63, 3.8) is 0 Å². The van der Waals surface area contributed by atoms with Crippen LogP contribution in [0.15, 0.2) is 42.6 Å². The molecule has 3 aliphatic rings.